The van der Waals surface area contributed by atoms with Crippen molar-refractivity contribution in [1.29, 1.82) is 0 Å². The van der Waals surface area contributed by atoms with E-state index in [2.05, 4.69) is 20.5 Å². The number of aromatic nitrogens is 4. The smallest absolute Gasteiger partial charge is 0.329 e. The molecule has 2 aromatic heterocycles. The fraction of sp³-hybridized carbons (Fsp3) is 0.250. The maximum atomic E-state index is 12.6. The van der Waals surface area contributed by atoms with Crippen LogP contribution in [0.15, 0.2) is 57.2 Å². The van der Waals surface area contributed by atoms with Crippen LogP contribution in [-0.2, 0) is 20.0 Å². The van der Waals surface area contributed by atoms with Gasteiger partial charge in [-0.15, -0.1) is 0 Å². The van der Waals surface area contributed by atoms with Gasteiger partial charge in [0.05, 0.1) is 12.8 Å². The van der Waals surface area contributed by atoms with Crippen molar-refractivity contribution in [2.75, 3.05) is 12.0 Å². The summed E-state index contributed by atoms with van der Waals surface area (Å²) in [6, 6.07) is 11.5. The van der Waals surface area contributed by atoms with Gasteiger partial charge >= 0.3 is 5.69 Å². The fourth-order valence-electron chi connectivity index (χ4n) is 3.61. The third-order valence-electron chi connectivity index (χ3n) is 5.53. The number of benzene rings is 2. The third-order valence-corrected chi connectivity index (χ3v) is 5.53. The van der Waals surface area contributed by atoms with E-state index in [0.717, 1.165) is 12.0 Å². The quantitative estimate of drug-likeness (QED) is 0.171. The first-order chi connectivity index (χ1) is 17.3. The Bertz CT molecular complexity index is 1540. The number of phenolic OH excluding ortho intramolecular Hbond substituents is 2. The lowest BCUT2D eigenvalue weighted by Crippen LogP contribution is -2.30. The molecule has 2 aromatic carbocycles. The minimum atomic E-state index is -1.03. The molecule has 0 saturated heterocycles. The number of phenols is 2. The number of aryl methyl sites for hydroxylation is 2. The Morgan fingerprint density at radius 2 is 2.03 bits per heavy atom. The monoisotopic (exact) mass is 494 g/mol. The summed E-state index contributed by atoms with van der Waals surface area (Å²) in [4.78, 5) is 31.2. The van der Waals surface area contributed by atoms with E-state index in [1.165, 1.54) is 40.6 Å². The summed E-state index contributed by atoms with van der Waals surface area (Å²) in [6.45, 7) is 1.89. The molecular formula is C24H26N6O6. The van der Waals surface area contributed by atoms with E-state index < -0.39 is 17.4 Å². The predicted octanol–water partition coefficient (Wildman–Crippen LogP) is 1.28. The number of hydrazone groups is 1. The van der Waals surface area contributed by atoms with Crippen LogP contribution in [0.3, 0.4) is 0 Å². The van der Waals surface area contributed by atoms with Crippen LogP contribution >= 0.6 is 0 Å². The number of nitrogens with one attached hydrogen (secondary N) is 2. The SMILES string of the molecule is CCc1cccc(OC[C@@H](O)Cn2c(NN=Cc3ccc(O)cc3O)nc3c2c(=O)[nH]c(=O)n3C)c1. The van der Waals surface area contributed by atoms with E-state index >= 15 is 0 Å². The number of hydrogen-bond acceptors (Lipinski definition) is 9. The van der Waals surface area contributed by atoms with Gasteiger partial charge in [-0.05, 0) is 36.2 Å². The van der Waals surface area contributed by atoms with Gasteiger partial charge in [-0.2, -0.15) is 10.1 Å². The number of aromatic amines is 1. The first kappa shape index (κ1) is 24.5. The number of H-pyrrole nitrogens is 1. The molecule has 0 aliphatic carbocycles. The van der Waals surface area contributed by atoms with Crippen molar-refractivity contribution < 1.29 is 20.1 Å². The van der Waals surface area contributed by atoms with Crippen LogP contribution in [0.25, 0.3) is 11.2 Å². The molecule has 2 heterocycles. The van der Waals surface area contributed by atoms with Gasteiger partial charge in [0, 0.05) is 18.7 Å². The van der Waals surface area contributed by atoms with Gasteiger partial charge in [-0.25, -0.2) is 10.2 Å². The van der Waals surface area contributed by atoms with Crippen molar-refractivity contribution in [3.05, 3.63) is 74.4 Å². The Labute approximate surface area is 204 Å². The molecule has 0 saturated carbocycles. The molecule has 4 rings (SSSR count). The van der Waals surface area contributed by atoms with Gasteiger partial charge in [0.15, 0.2) is 11.2 Å². The Morgan fingerprint density at radius 1 is 1.22 bits per heavy atom. The normalized spacial score (nSPS) is 12.3. The molecular weight excluding hydrogens is 468 g/mol. The highest BCUT2D eigenvalue weighted by molar-refractivity contribution is 5.84. The van der Waals surface area contributed by atoms with Crippen LogP contribution in [-0.4, -0.2) is 53.3 Å². The third kappa shape index (κ3) is 5.23. The molecule has 5 N–H and O–H groups in total. The number of nitrogens with zero attached hydrogens (tertiary/aromatic N) is 4. The molecule has 188 valence electrons. The number of hydrogen-bond donors (Lipinski definition) is 5. The molecule has 0 radical (unpaired) electrons. The van der Waals surface area contributed by atoms with Crippen LogP contribution in [0.2, 0.25) is 0 Å². The van der Waals surface area contributed by atoms with Crippen molar-refractivity contribution in [3.8, 4) is 17.2 Å². The van der Waals surface area contributed by atoms with Crippen LogP contribution < -0.4 is 21.4 Å². The molecule has 12 heteroatoms. The van der Waals surface area contributed by atoms with E-state index in [1.807, 2.05) is 25.1 Å². The first-order valence-electron chi connectivity index (χ1n) is 11.2. The van der Waals surface area contributed by atoms with Crippen LogP contribution in [0.4, 0.5) is 5.95 Å². The Hall–Kier alpha value is -4.58. The van der Waals surface area contributed by atoms with Gasteiger partial charge in [0.25, 0.3) is 5.56 Å². The second kappa shape index (κ2) is 10.4. The highest BCUT2D eigenvalue weighted by Crippen LogP contribution is 2.21. The average Bonchev–Trinajstić information content (AvgIpc) is 3.21. The first-order valence-corrected chi connectivity index (χ1v) is 11.2. The summed E-state index contributed by atoms with van der Waals surface area (Å²) in [5, 5.41) is 34.1. The summed E-state index contributed by atoms with van der Waals surface area (Å²) >= 11 is 0. The Kier molecular flexibility index (Phi) is 7.06. The number of aliphatic hydroxyl groups is 1. The summed E-state index contributed by atoms with van der Waals surface area (Å²) in [5.74, 6) is 0.406. The fourth-order valence-corrected chi connectivity index (χ4v) is 3.61. The summed E-state index contributed by atoms with van der Waals surface area (Å²) in [5.41, 5.74) is 2.95. The van der Waals surface area contributed by atoms with Gasteiger partial charge in [0.1, 0.15) is 30.0 Å². The largest absolute Gasteiger partial charge is 0.508 e. The lowest BCUT2D eigenvalue weighted by molar-refractivity contribution is 0.0938. The van der Waals surface area contributed by atoms with E-state index in [1.54, 1.807) is 6.07 Å². The van der Waals surface area contributed by atoms with Crippen molar-refractivity contribution in [2.45, 2.75) is 26.0 Å². The van der Waals surface area contributed by atoms with Gasteiger partial charge in [-0.3, -0.25) is 14.3 Å². The molecule has 0 aliphatic rings. The van der Waals surface area contributed by atoms with Gasteiger partial charge in [-0.1, -0.05) is 19.1 Å². The molecule has 0 fully saturated rings. The summed E-state index contributed by atoms with van der Waals surface area (Å²) in [7, 11) is 1.46. The number of aliphatic hydroxyl groups excluding tert-OH is 1. The number of anilines is 1. The maximum absolute atomic E-state index is 12.6. The number of imidazole rings is 1. The van der Waals surface area contributed by atoms with Gasteiger partial charge in [0.2, 0.25) is 5.95 Å². The van der Waals surface area contributed by atoms with Gasteiger partial charge < -0.3 is 24.6 Å². The molecule has 4 aromatic rings. The molecule has 0 unspecified atom stereocenters. The lowest BCUT2D eigenvalue weighted by atomic mass is 10.2. The minimum absolute atomic E-state index is 0.0550. The summed E-state index contributed by atoms with van der Waals surface area (Å²) < 4.78 is 8.30. The van der Waals surface area contributed by atoms with Crippen molar-refractivity contribution in [1.82, 2.24) is 19.1 Å². The zero-order valence-corrected chi connectivity index (χ0v) is 19.7. The molecule has 0 amide bonds. The van der Waals surface area contributed by atoms with E-state index in [9.17, 15) is 24.9 Å². The van der Waals surface area contributed by atoms with Crippen LogP contribution in [0.1, 0.15) is 18.1 Å². The maximum Gasteiger partial charge on any atom is 0.329 e. The van der Waals surface area contributed by atoms with E-state index in [4.69, 9.17) is 4.74 Å². The summed E-state index contributed by atoms with van der Waals surface area (Å²) in [6.07, 6.45) is 1.11. The molecule has 1 atom stereocenters. The van der Waals surface area contributed by atoms with Crippen molar-refractivity contribution >= 4 is 23.3 Å². The predicted molar refractivity (Wildman–Crippen MR) is 134 cm³/mol. The lowest BCUT2D eigenvalue weighted by Gasteiger charge is -2.15. The van der Waals surface area contributed by atoms with E-state index in [-0.39, 0.29) is 41.8 Å². The molecule has 12 nitrogen and oxygen atoms in total. The number of fused-ring (bicyclic) bond motifs is 1. The highest BCUT2D eigenvalue weighted by Gasteiger charge is 2.20. The molecule has 0 spiro atoms. The molecule has 0 bridgehead atoms. The molecule has 0 aliphatic heterocycles. The van der Waals surface area contributed by atoms with Crippen LogP contribution in [0.5, 0.6) is 17.2 Å². The topological polar surface area (TPSA) is 167 Å². The van der Waals surface area contributed by atoms with E-state index in [0.29, 0.717) is 11.3 Å². The zero-order valence-electron chi connectivity index (χ0n) is 19.7. The highest BCUT2D eigenvalue weighted by atomic mass is 16.5. The second-order valence-corrected chi connectivity index (χ2v) is 8.12. The average molecular weight is 495 g/mol. The Morgan fingerprint density at radius 3 is 2.78 bits per heavy atom. The zero-order chi connectivity index (χ0) is 25.8. The minimum Gasteiger partial charge on any atom is -0.508 e. The second-order valence-electron chi connectivity index (χ2n) is 8.12. The number of aromatic hydroxyl groups is 2. The van der Waals surface area contributed by atoms with Crippen molar-refractivity contribution in [2.24, 2.45) is 12.1 Å². The standard InChI is InChI=1S/C24H26N6O6/c1-3-14-5-4-6-18(9-14)36-13-17(32)12-30-20-21(29(2)24(35)27-22(20)34)26-23(30)28-25-11-15-7-8-16(31)10-19(15)33/h4-11,17,31-33H,3,12-13H2,1-2H3,(H,26,28)(H,27,34,35)/t17-/m0/s1. The number of ether oxygens (including phenoxy) is 1. The van der Waals surface area contributed by atoms with Crippen molar-refractivity contribution in [3.63, 3.8) is 0 Å². The van der Waals surface area contributed by atoms with Crippen LogP contribution in [0, 0.1) is 0 Å². The Balaban J connectivity index is 1.61. The number of rotatable bonds is 9. The molecule has 36 heavy (non-hydrogen) atoms.